The Kier molecular flexibility index (Phi) is 3.45. The molecule has 1 aliphatic heterocycles. The summed E-state index contributed by atoms with van der Waals surface area (Å²) >= 11 is 0. The van der Waals surface area contributed by atoms with Crippen LogP contribution in [0.5, 0.6) is 0 Å². The Morgan fingerprint density at radius 2 is 2.00 bits per heavy atom. The fraction of sp³-hybridized carbons (Fsp3) is 0.909. The van der Waals surface area contributed by atoms with Crippen LogP contribution < -0.4 is 0 Å². The van der Waals surface area contributed by atoms with Crippen molar-refractivity contribution >= 4 is 16.0 Å². The highest BCUT2D eigenvalue weighted by molar-refractivity contribution is 7.89. The molecule has 6 heteroatoms. The predicted molar refractivity (Wildman–Crippen MR) is 63.0 cm³/mol. The van der Waals surface area contributed by atoms with E-state index >= 15 is 0 Å². The van der Waals surface area contributed by atoms with Crippen LogP contribution in [0.15, 0.2) is 0 Å². The normalized spacial score (nSPS) is 31.4. The molecule has 0 unspecified atom stereocenters. The second-order valence-electron chi connectivity index (χ2n) is 5.16. The molecule has 1 saturated heterocycles. The van der Waals surface area contributed by atoms with Gasteiger partial charge in [0.05, 0.1) is 11.7 Å². The number of aliphatic carboxylic acids is 1. The van der Waals surface area contributed by atoms with E-state index in [-0.39, 0.29) is 5.75 Å². The Labute approximate surface area is 102 Å². The fourth-order valence-corrected chi connectivity index (χ4v) is 4.69. The molecule has 0 spiro atoms. The first-order valence-corrected chi connectivity index (χ1v) is 7.75. The molecule has 2 aliphatic rings. The summed E-state index contributed by atoms with van der Waals surface area (Å²) in [5.41, 5.74) is 0. The van der Waals surface area contributed by atoms with Crippen LogP contribution in [0.3, 0.4) is 0 Å². The van der Waals surface area contributed by atoms with Gasteiger partial charge >= 0.3 is 5.97 Å². The summed E-state index contributed by atoms with van der Waals surface area (Å²) in [4.78, 5) is 11.1. The van der Waals surface area contributed by atoms with Crippen LogP contribution in [0, 0.1) is 11.8 Å². The van der Waals surface area contributed by atoms with E-state index in [1.54, 1.807) is 6.92 Å². The molecule has 0 amide bonds. The third kappa shape index (κ3) is 2.80. The highest BCUT2D eigenvalue weighted by atomic mass is 32.2. The Morgan fingerprint density at radius 3 is 2.53 bits per heavy atom. The highest BCUT2D eigenvalue weighted by Crippen LogP contribution is 2.33. The number of sulfonamides is 1. The molecule has 0 bridgehead atoms. The summed E-state index contributed by atoms with van der Waals surface area (Å²) in [6.45, 7) is 2.18. The predicted octanol–water partition coefficient (Wildman–Crippen LogP) is 0.911. The Morgan fingerprint density at radius 1 is 1.35 bits per heavy atom. The molecule has 1 N–H and O–H groups in total. The van der Waals surface area contributed by atoms with Crippen molar-refractivity contribution in [3.63, 3.8) is 0 Å². The van der Waals surface area contributed by atoms with Crippen LogP contribution in [0.2, 0.25) is 0 Å². The topological polar surface area (TPSA) is 74.7 Å². The van der Waals surface area contributed by atoms with Gasteiger partial charge in [-0.1, -0.05) is 0 Å². The number of piperidine rings is 1. The molecular weight excluding hydrogens is 242 g/mol. The maximum Gasteiger partial charge on any atom is 0.308 e. The standard InChI is InChI=1S/C11H19NO4S/c1-8-10(11(13)14)3-2-6-12(8)17(15,16)7-9-4-5-9/h8-10H,2-7H2,1H3,(H,13,14)/t8-,10-/m1/s1. The van der Waals surface area contributed by atoms with Gasteiger partial charge in [0.1, 0.15) is 0 Å². The Hall–Kier alpha value is -0.620. The zero-order valence-electron chi connectivity index (χ0n) is 10.0. The van der Waals surface area contributed by atoms with Crippen LogP contribution in [0.1, 0.15) is 32.6 Å². The molecule has 2 rings (SSSR count). The maximum atomic E-state index is 12.1. The molecule has 0 aromatic heterocycles. The third-order valence-corrected chi connectivity index (χ3v) is 5.87. The Balaban J connectivity index is 2.10. The molecule has 1 aliphatic carbocycles. The number of rotatable bonds is 4. The summed E-state index contributed by atoms with van der Waals surface area (Å²) < 4.78 is 25.7. The lowest BCUT2D eigenvalue weighted by atomic mass is 9.92. The fourth-order valence-electron chi connectivity index (χ4n) is 2.51. The van der Waals surface area contributed by atoms with Gasteiger partial charge in [0.25, 0.3) is 0 Å². The zero-order chi connectivity index (χ0) is 12.6. The average Bonchev–Trinajstić information content (AvgIpc) is 3.00. The third-order valence-electron chi connectivity index (χ3n) is 3.75. The van der Waals surface area contributed by atoms with E-state index in [2.05, 4.69) is 0 Å². The molecule has 0 aromatic carbocycles. The second-order valence-corrected chi connectivity index (χ2v) is 7.13. The van der Waals surface area contributed by atoms with Crippen molar-refractivity contribution in [3.05, 3.63) is 0 Å². The largest absolute Gasteiger partial charge is 0.481 e. The molecule has 2 fully saturated rings. The minimum Gasteiger partial charge on any atom is -0.481 e. The van der Waals surface area contributed by atoms with Gasteiger partial charge in [-0.05, 0) is 38.5 Å². The monoisotopic (exact) mass is 261 g/mol. The van der Waals surface area contributed by atoms with Crippen LogP contribution in [0.4, 0.5) is 0 Å². The van der Waals surface area contributed by atoms with E-state index in [1.165, 1.54) is 4.31 Å². The number of carboxylic acids is 1. The van der Waals surface area contributed by atoms with Gasteiger partial charge in [-0.3, -0.25) is 4.79 Å². The first kappa shape index (κ1) is 12.8. The van der Waals surface area contributed by atoms with E-state index in [9.17, 15) is 13.2 Å². The lowest BCUT2D eigenvalue weighted by Crippen LogP contribution is -2.49. The number of nitrogens with zero attached hydrogens (tertiary/aromatic N) is 1. The average molecular weight is 261 g/mol. The van der Waals surface area contributed by atoms with E-state index in [4.69, 9.17) is 5.11 Å². The maximum absolute atomic E-state index is 12.1. The van der Waals surface area contributed by atoms with Crippen molar-refractivity contribution in [2.45, 2.75) is 38.6 Å². The number of hydrogen-bond donors (Lipinski definition) is 1. The summed E-state index contributed by atoms with van der Waals surface area (Å²) in [5, 5.41) is 9.06. The lowest BCUT2D eigenvalue weighted by Gasteiger charge is -2.36. The smallest absolute Gasteiger partial charge is 0.308 e. The minimum absolute atomic E-state index is 0.198. The first-order chi connectivity index (χ1) is 7.92. The molecule has 17 heavy (non-hydrogen) atoms. The number of hydrogen-bond acceptors (Lipinski definition) is 3. The van der Waals surface area contributed by atoms with Gasteiger partial charge in [-0.2, -0.15) is 4.31 Å². The van der Waals surface area contributed by atoms with Crippen molar-refractivity contribution < 1.29 is 18.3 Å². The summed E-state index contributed by atoms with van der Waals surface area (Å²) in [6.07, 6.45) is 3.20. The van der Waals surface area contributed by atoms with Crippen LogP contribution >= 0.6 is 0 Å². The molecule has 5 nitrogen and oxygen atoms in total. The molecule has 1 saturated carbocycles. The van der Waals surface area contributed by atoms with Gasteiger partial charge in [0.2, 0.25) is 10.0 Å². The number of carbonyl (C=O) groups is 1. The SMILES string of the molecule is C[C@@H]1[C@H](C(=O)O)CCCN1S(=O)(=O)CC1CC1. The van der Waals surface area contributed by atoms with Crippen LogP contribution in [-0.4, -0.2) is 42.1 Å². The summed E-state index contributed by atoms with van der Waals surface area (Å²) in [5.74, 6) is -0.942. The summed E-state index contributed by atoms with van der Waals surface area (Å²) in [6, 6.07) is -0.412. The van der Waals surface area contributed by atoms with E-state index < -0.39 is 28.0 Å². The van der Waals surface area contributed by atoms with Crippen LogP contribution in [0.25, 0.3) is 0 Å². The molecule has 98 valence electrons. The van der Waals surface area contributed by atoms with Gasteiger partial charge in [0, 0.05) is 12.6 Å². The second kappa shape index (κ2) is 4.57. The molecule has 0 aromatic rings. The molecule has 0 radical (unpaired) electrons. The van der Waals surface area contributed by atoms with Crippen molar-refractivity contribution in [2.75, 3.05) is 12.3 Å². The van der Waals surface area contributed by atoms with Gasteiger partial charge < -0.3 is 5.11 Å². The molecule has 2 atom stereocenters. The highest BCUT2D eigenvalue weighted by Gasteiger charge is 2.40. The van der Waals surface area contributed by atoms with E-state index in [0.717, 1.165) is 12.8 Å². The molecule has 1 heterocycles. The quantitative estimate of drug-likeness (QED) is 0.816. The van der Waals surface area contributed by atoms with Gasteiger partial charge in [-0.15, -0.1) is 0 Å². The van der Waals surface area contributed by atoms with Gasteiger partial charge in [-0.25, -0.2) is 8.42 Å². The van der Waals surface area contributed by atoms with E-state index in [1.807, 2.05) is 0 Å². The van der Waals surface area contributed by atoms with E-state index in [0.29, 0.717) is 25.3 Å². The molecular formula is C11H19NO4S. The van der Waals surface area contributed by atoms with Crippen LogP contribution in [-0.2, 0) is 14.8 Å². The van der Waals surface area contributed by atoms with Crippen molar-refractivity contribution in [1.82, 2.24) is 4.31 Å². The van der Waals surface area contributed by atoms with Gasteiger partial charge in [0.15, 0.2) is 0 Å². The van der Waals surface area contributed by atoms with Crippen molar-refractivity contribution in [2.24, 2.45) is 11.8 Å². The Bertz CT molecular complexity index is 402. The van der Waals surface area contributed by atoms with Crippen molar-refractivity contribution in [3.8, 4) is 0 Å². The lowest BCUT2D eigenvalue weighted by molar-refractivity contribution is -0.144. The first-order valence-electron chi connectivity index (χ1n) is 6.14. The zero-order valence-corrected chi connectivity index (χ0v) is 10.8. The van der Waals surface area contributed by atoms with Crippen molar-refractivity contribution in [1.29, 1.82) is 0 Å². The summed E-state index contributed by atoms with van der Waals surface area (Å²) in [7, 11) is -3.27. The number of carboxylic acid groups (broad SMARTS) is 1. The minimum atomic E-state index is -3.27.